The first-order chi connectivity index (χ1) is 11.1. The van der Waals surface area contributed by atoms with E-state index in [4.69, 9.17) is 27.5 Å². The van der Waals surface area contributed by atoms with Crippen molar-refractivity contribution in [1.29, 1.82) is 5.41 Å². The lowest BCUT2D eigenvalue weighted by Crippen LogP contribution is -2.30. The molecule has 10 heteroatoms. The Morgan fingerprint density at radius 3 is 2.52 bits per heavy atom. The van der Waals surface area contributed by atoms with Gasteiger partial charge in [-0.3, -0.25) is 10.2 Å². The number of ether oxygens (including phenoxy) is 1. The van der Waals surface area contributed by atoms with Crippen LogP contribution in [0, 0.1) is 5.41 Å². The van der Waals surface area contributed by atoms with Gasteiger partial charge < -0.3 is 15.0 Å². The number of hydrogen-bond donors (Lipinski definition) is 2. The minimum Gasteiger partial charge on any atom is -0.497 e. The molecule has 0 bridgehead atoms. The Hall–Kier alpha value is -2.03. The molecule has 3 N–H and O–H groups in total. The van der Waals surface area contributed by atoms with E-state index in [-0.39, 0.29) is 39.9 Å². The largest absolute Gasteiger partial charge is 0.497 e. The number of carbonyl (C=O) groups excluding carboxylic acids is 1. The van der Waals surface area contributed by atoms with E-state index in [1.165, 1.54) is 30.0 Å². The van der Waals surface area contributed by atoms with Gasteiger partial charge >= 0.3 is 0 Å². The minimum atomic E-state index is -3.48. The molecule has 0 aliphatic rings. The van der Waals surface area contributed by atoms with Crippen LogP contribution in [0.2, 0.25) is 5.02 Å². The number of benzene rings is 1. The number of aromatic nitrogens is 1. The van der Waals surface area contributed by atoms with Crippen molar-refractivity contribution in [2.24, 2.45) is 5.73 Å². The number of nitrogens with zero attached hydrogens (tertiary/aromatic N) is 1. The molecule has 0 unspecified atom stereocenters. The van der Waals surface area contributed by atoms with Crippen molar-refractivity contribution < 1.29 is 17.9 Å². The highest BCUT2D eigenvalue weighted by molar-refractivity contribution is 7.90. The molecule has 1 aromatic heterocycles. The van der Waals surface area contributed by atoms with Crippen LogP contribution < -0.4 is 16.0 Å². The first kappa shape index (κ1) is 21.0. The fourth-order valence-electron chi connectivity index (χ4n) is 2.28. The summed E-state index contributed by atoms with van der Waals surface area (Å²) in [6.07, 6.45) is 2.53. The molecular weight excluding hydrogens is 389 g/mol. The Balaban J connectivity index is 0.00000312. The number of halogens is 2. The number of amides is 1. The number of rotatable bonds is 5. The molecule has 25 heavy (non-hydrogen) atoms. The Bertz CT molecular complexity index is 971. The smallest absolute Gasteiger partial charge is 0.252 e. The summed E-state index contributed by atoms with van der Waals surface area (Å²) in [5.74, 6) is -0.313. The second-order valence-electron chi connectivity index (χ2n) is 5.16. The van der Waals surface area contributed by atoms with E-state index >= 15 is 0 Å². The molecule has 7 nitrogen and oxygen atoms in total. The first-order valence-corrected chi connectivity index (χ1v) is 9.01. The van der Waals surface area contributed by atoms with Crippen LogP contribution in [0.1, 0.15) is 15.9 Å². The molecule has 136 valence electrons. The van der Waals surface area contributed by atoms with Crippen LogP contribution in [-0.2, 0) is 16.4 Å². The van der Waals surface area contributed by atoms with Crippen LogP contribution in [0.3, 0.4) is 0 Å². The van der Waals surface area contributed by atoms with Gasteiger partial charge in [0.1, 0.15) is 11.2 Å². The molecule has 0 aliphatic heterocycles. The SMILES string of the molecule is COc1ccc(S(C)(=O)=O)c(Cn2cc(Cl)cc(C(N)=O)c2=N)c1.Cl. The number of nitrogens with one attached hydrogen (secondary N) is 1. The van der Waals surface area contributed by atoms with E-state index < -0.39 is 15.7 Å². The Morgan fingerprint density at radius 1 is 1.36 bits per heavy atom. The lowest BCUT2D eigenvalue weighted by atomic mass is 10.2. The van der Waals surface area contributed by atoms with E-state index in [0.29, 0.717) is 11.3 Å². The fourth-order valence-corrected chi connectivity index (χ4v) is 3.42. The molecule has 1 amide bonds. The molecule has 0 aliphatic carbocycles. The zero-order valence-electron chi connectivity index (χ0n) is 13.4. The van der Waals surface area contributed by atoms with Gasteiger partial charge in [-0.15, -0.1) is 12.4 Å². The van der Waals surface area contributed by atoms with Crippen molar-refractivity contribution in [2.75, 3.05) is 13.4 Å². The van der Waals surface area contributed by atoms with E-state index in [1.54, 1.807) is 12.1 Å². The summed E-state index contributed by atoms with van der Waals surface area (Å²) in [6, 6.07) is 5.84. The standard InChI is InChI=1S/C15H16ClN3O4S.ClH/c1-23-11-3-4-13(24(2,21)22)9(5-11)7-19-8-10(16)6-12(14(19)17)15(18)20;/h3-6,8,17H,7H2,1-2H3,(H2,18,20);1H. The van der Waals surface area contributed by atoms with E-state index in [0.717, 1.165) is 6.26 Å². The summed E-state index contributed by atoms with van der Waals surface area (Å²) >= 11 is 5.97. The van der Waals surface area contributed by atoms with Crippen molar-refractivity contribution in [3.8, 4) is 5.75 Å². The van der Waals surface area contributed by atoms with Crippen LogP contribution in [0.4, 0.5) is 0 Å². The summed E-state index contributed by atoms with van der Waals surface area (Å²) in [5, 5.41) is 8.28. The summed E-state index contributed by atoms with van der Waals surface area (Å²) in [5.41, 5.74) is 5.45. The fraction of sp³-hybridized carbons (Fsp3) is 0.200. The van der Waals surface area contributed by atoms with Gasteiger partial charge in [-0.05, 0) is 29.8 Å². The van der Waals surface area contributed by atoms with Gasteiger partial charge in [-0.25, -0.2) is 8.42 Å². The number of methoxy groups -OCH3 is 1. The molecule has 0 radical (unpaired) electrons. The third-order valence-electron chi connectivity index (χ3n) is 3.38. The lowest BCUT2D eigenvalue weighted by molar-refractivity contribution is 0.0997. The monoisotopic (exact) mass is 405 g/mol. The highest BCUT2D eigenvalue weighted by Crippen LogP contribution is 2.23. The Kier molecular flexibility index (Phi) is 6.64. The predicted octanol–water partition coefficient (Wildman–Crippen LogP) is 1.60. The molecule has 1 heterocycles. The van der Waals surface area contributed by atoms with Crippen LogP contribution in [0.15, 0.2) is 35.4 Å². The molecule has 0 spiro atoms. The average molecular weight is 406 g/mol. The van der Waals surface area contributed by atoms with Crippen molar-refractivity contribution in [3.05, 3.63) is 52.1 Å². The zero-order chi connectivity index (χ0) is 18.1. The van der Waals surface area contributed by atoms with E-state index in [2.05, 4.69) is 0 Å². The van der Waals surface area contributed by atoms with Gasteiger partial charge in [0.15, 0.2) is 9.84 Å². The van der Waals surface area contributed by atoms with E-state index in [1.807, 2.05) is 0 Å². The number of primary amides is 1. The molecule has 0 saturated heterocycles. The average Bonchev–Trinajstić information content (AvgIpc) is 2.49. The van der Waals surface area contributed by atoms with Gasteiger partial charge in [-0.1, -0.05) is 11.6 Å². The highest BCUT2D eigenvalue weighted by Gasteiger charge is 2.16. The summed E-state index contributed by atoms with van der Waals surface area (Å²) in [6.45, 7) is 0.0132. The number of nitrogens with two attached hydrogens (primary N) is 1. The molecule has 0 saturated carbocycles. The molecule has 1 aromatic carbocycles. The lowest BCUT2D eigenvalue weighted by Gasteiger charge is -2.14. The highest BCUT2D eigenvalue weighted by atomic mass is 35.5. The van der Waals surface area contributed by atoms with E-state index in [9.17, 15) is 13.2 Å². The predicted molar refractivity (Wildman–Crippen MR) is 96.3 cm³/mol. The van der Waals surface area contributed by atoms with Crippen LogP contribution in [-0.4, -0.2) is 32.3 Å². The molecule has 2 aromatic rings. The number of carbonyl (C=O) groups is 1. The van der Waals surface area contributed by atoms with Crippen LogP contribution >= 0.6 is 24.0 Å². The van der Waals surface area contributed by atoms with Crippen molar-refractivity contribution >= 4 is 39.8 Å². The van der Waals surface area contributed by atoms with Crippen molar-refractivity contribution in [2.45, 2.75) is 11.4 Å². The van der Waals surface area contributed by atoms with Gasteiger partial charge in [-0.2, -0.15) is 0 Å². The van der Waals surface area contributed by atoms with Crippen molar-refractivity contribution in [1.82, 2.24) is 4.57 Å². The normalized spacial score (nSPS) is 10.8. The quantitative estimate of drug-likeness (QED) is 0.785. The second kappa shape index (κ2) is 7.90. The van der Waals surface area contributed by atoms with Gasteiger partial charge in [0.2, 0.25) is 0 Å². The molecular formula is C15H17Cl2N3O4S. The van der Waals surface area contributed by atoms with Crippen molar-refractivity contribution in [3.63, 3.8) is 0 Å². The first-order valence-electron chi connectivity index (χ1n) is 6.75. The Labute approximate surface area is 156 Å². The van der Waals surface area contributed by atoms with Crippen LogP contribution in [0.25, 0.3) is 0 Å². The summed E-state index contributed by atoms with van der Waals surface area (Å²) in [7, 11) is -2.02. The van der Waals surface area contributed by atoms with Gasteiger partial charge in [0, 0.05) is 12.5 Å². The summed E-state index contributed by atoms with van der Waals surface area (Å²) in [4.78, 5) is 11.5. The van der Waals surface area contributed by atoms with Gasteiger partial charge in [0.05, 0.1) is 29.1 Å². The maximum absolute atomic E-state index is 12.0. The maximum Gasteiger partial charge on any atom is 0.252 e. The third-order valence-corrected chi connectivity index (χ3v) is 4.78. The molecule has 0 atom stereocenters. The second-order valence-corrected chi connectivity index (χ2v) is 7.58. The summed E-state index contributed by atoms with van der Waals surface area (Å²) < 4.78 is 30.4. The number of hydrogen-bond acceptors (Lipinski definition) is 5. The molecule has 2 rings (SSSR count). The zero-order valence-corrected chi connectivity index (χ0v) is 15.8. The number of pyridine rings is 1. The minimum absolute atomic E-state index is 0. The third kappa shape index (κ3) is 4.75. The number of sulfone groups is 1. The van der Waals surface area contributed by atoms with Crippen LogP contribution in [0.5, 0.6) is 5.75 Å². The van der Waals surface area contributed by atoms with Gasteiger partial charge in [0.25, 0.3) is 5.91 Å². The molecule has 0 fully saturated rings. The topological polar surface area (TPSA) is 115 Å². The maximum atomic E-state index is 12.0. The Morgan fingerprint density at radius 2 is 2.00 bits per heavy atom.